The Morgan fingerprint density at radius 3 is 2.76 bits per heavy atom. The normalized spacial score (nSPS) is 19.6. The fourth-order valence-corrected chi connectivity index (χ4v) is 3.19. The van der Waals surface area contributed by atoms with Gasteiger partial charge in [-0.05, 0) is 44.6 Å². The van der Waals surface area contributed by atoms with Gasteiger partial charge in [-0.2, -0.15) is 0 Å². The maximum absolute atomic E-state index is 12.0. The molecule has 0 unspecified atom stereocenters. The van der Waals surface area contributed by atoms with Crippen LogP contribution < -0.4 is 0 Å². The van der Waals surface area contributed by atoms with Crippen LogP contribution in [0.2, 0.25) is 0 Å². The molecule has 25 heavy (non-hydrogen) atoms. The highest BCUT2D eigenvalue weighted by atomic mass is 16.5. The zero-order chi connectivity index (χ0) is 18.5. The molecule has 1 aliphatic rings. The van der Waals surface area contributed by atoms with Gasteiger partial charge in [0.1, 0.15) is 0 Å². The second kappa shape index (κ2) is 12.9. The number of hydrogen-bond acceptors (Lipinski definition) is 4. The molecule has 0 aromatic carbocycles. The van der Waals surface area contributed by atoms with Gasteiger partial charge in [0.2, 0.25) is 0 Å². The summed E-state index contributed by atoms with van der Waals surface area (Å²) in [6.45, 7) is 2.16. The zero-order valence-corrected chi connectivity index (χ0v) is 15.8. The molecule has 0 saturated carbocycles. The molecular weight excluding hydrogens is 316 g/mol. The van der Waals surface area contributed by atoms with E-state index in [0.29, 0.717) is 6.42 Å². The van der Waals surface area contributed by atoms with Crippen LogP contribution in [0, 0.1) is 5.92 Å². The molecule has 0 bridgehead atoms. The third-order valence-electron chi connectivity index (χ3n) is 4.79. The smallest absolute Gasteiger partial charge is 0.305 e. The topological polar surface area (TPSA) is 63.6 Å². The van der Waals surface area contributed by atoms with Crippen molar-refractivity contribution < 1.29 is 19.4 Å². The molecule has 0 aliphatic heterocycles. The van der Waals surface area contributed by atoms with Crippen LogP contribution in [0.3, 0.4) is 0 Å². The highest BCUT2D eigenvalue weighted by Gasteiger charge is 2.23. The van der Waals surface area contributed by atoms with E-state index in [-0.39, 0.29) is 23.8 Å². The number of aliphatic hydroxyl groups is 1. The van der Waals surface area contributed by atoms with Crippen LogP contribution in [0.25, 0.3) is 0 Å². The number of carbonyl (C=O) groups is 2. The first-order chi connectivity index (χ1) is 12.1. The molecule has 2 atom stereocenters. The van der Waals surface area contributed by atoms with Crippen molar-refractivity contribution in [2.45, 2.75) is 83.7 Å². The molecular formula is C21H34O4. The summed E-state index contributed by atoms with van der Waals surface area (Å²) in [5, 5.41) is 10.1. The lowest BCUT2D eigenvalue weighted by atomic mass is 9.93. The minimum Gasteiger partial charge on any atom is -0.469 e. The maximum atomic E-state index is 12.0. The van der Waals surface area contributed by atoms with E-state index in [0.717, 1.165) is 56.9 Å². The van der Waals surface area contributed by atoms with Crippen molar-refractivity contribution >= 4 is 11.8 Å². The van der Waals surface area contributed by atoms with Crippen molar-refractivity contribution in [3.8, 4) is 0 Å². The monoisotopic (exact) mass is 350 g/mol. The van der Waals surface area contributed by atoms with Gasteiger partial charge < -0.3 is 9.84 Å². The molecule has 1 aliphatic carbocycles. The van der Waals surface area contributed by atoms with Crippen molar-refractivity contribution in [3.63, 3.8) is 0 Å². The summed E-state index contributed by atoms with van der Waals surface area (Å²) in [6, 6.07) is 0. The van der Waals surface area contributed by atoms with E-state index < -0.39 is 0 Å². The Labute approximate surface area is 152 Å². The summed E-state index contributed by atoms with van der Waals surface area (Å²) in [7, 11) is 1.41. The average molecular weight is 350 g/mol. The molecule has 0 fully saturated rings. The maximum Gasteiger partial charge on any atom is 0.305 e. The second-order valence-electron chi connectivity index (χ2n) is 6.89. The molecule has 4 nitrogen and oxygen atoms in total. The average Bonchev–Trinajstić information content (AvgIpc) is 2.96. The lowest BCUT2D eigenvalue weighted by Gasteiger charge is -2.14. The van der Waals surface area contributed by atoms with Crippen molar-refractivity contribution in [1.29, 1.82) is 0 Å². The van der Waals surface area contributed by atoms with Gasteiger partial charge in [0.25, 0.3) is 0 Å². The predicted octanol–water partition coefficient (Wildman–Crippen LogP) is 4.51. The first-order valence-electron chi connectivity index (χ1n) is 9.76. The van der Waals surface area contributed by atoms with Gasteiger partial charge >= 0.3 is 5.97 Å². The molecule has 0 spiro atoms. The second-order valence-corrected chi connectivity index (χ2v) is 6.89. The minimum absolute atomic E-state index is 0.111. The SMILES string of the molecule is CCCCC[C@@H](O)CC[C@H]1C=CC(=O)/C1=C/CCCCCC(=O)OC. The lowest BCUT2D eigenvalue weighted by molar-refractivity contribution is -0.140. The Morgan fingerprint density at radius 2 is 2.04 bits per heavy atom. The van der Waals surface area contributed by atoms with Crippen molar-refractivity contribution in [2.75, 3.05) is 7.11 Å². The summed E-state index contributed by atoms with van der Waals surface area (Å²) in [5.74, 6) is 0.106. The highest BCUT2D eigenvalue weighted by molar-refractivity contribution is 6.07. The molecule has 142 valence electrons. The number of ether oxygens (including phenoxy) is 1. The molecule has 1 rings (SSSR count). The molecule has 0 amide bonds. The van der Waals surface area contributed by atoms with E-state index in [4.69, 9.17) is 0 Å². The number of carbonyl (C=O) groups excluding carboxylic acids is 2. The van der Waals surface area contributed by atoms with Gasteiger partial charge in [-0.1, -0.05) is 44.8 Å². The van der Waals surface area contributed by atoms with Crippen LogP contribution in [0.15, 0.2) is 23.8 Å². The van der Waals surface area contributed by atoms with Gasteiger partial charge in [-0.3, -0.25) is 9.59 Å². The summed E-state index contributed by atoms with van der Waals surface area (Å²) < 4.78 is 4.62. The molecule has 0 aromatic rings. The molecule has 1 N–H and O–H groups in total. The number of rotatable bonds is 13. The Bertz CT molecular complexity index is 465. The number of unbranched alkanes of at least 4 members (excludes halogenated alkanes) is 5. The van der Waals surface area contributed by atoms with Crippen LogP contribution >= 0.6 is 0 Å². The van der Waals surface area contributed by atoms with Crippen LogP contribution in [-0.4, -0.2) is 30.1 Å². The highest BCUT2D eigenvalue weighted by Crippen LogP contribution is 2.28. The van der Waals surface area contributed by atoms with Crippen LogP contribution in [0.5, 0.6) is 0 Å². The number of esters is 1. The first-order valence-corrected chi connectivity index (χ1v) is 9.76. The summed E-state index contributed by atoms with van der Waals surface area (Å²) >= 11 is 0. The molecule has 0 heterocycles. The Hall–Kier alpha value is -1.42. The van der Waals surface area contributed by atoms with E-state index in [1.165, 1.54) is 20.0 Å². The minimum atomic E-state index is -0.254. The van der Waals surface area contributed by atoms with E-state index >= 15 is 0 Å². The fourth-order valence-electron chi connectivity index (χ4n) is 3.19. The van der Waals surface area contributed by atoms with Gasteiger partial charge in [0.05, 0.1) is 13.2 Å². The zero-order valence-electron chi connectivity index (χ0n) is 15.8. The van der Waals surface area contributed by atoms with Crippen LogP contribution in [-0.2, 0) is 14.3 Å². The van der Waals surface area contributed by atoms with E-state index in [1.54, 1.807) is 6.08 Å². The summed E-state index contributed by atoms with van der Waals surface area (Å²) in [6.07, 6.45) is 15.4. The molecule has 4 heteroatoms. The first kappa shape index (κ1) is 21.6. The number of aliphatic hydroxyl groups excluding tert-OH is 1. The number of hydrogen-bond donors (Lipinski definition) is 1. The quantitative estimate of drug-likeness (QED) is 0.301. The van der Waals surface area contributed by atoms with Crippen molar-refractivity contribution in [2.24, 2.45) is 5.92 Å². The summed E-state index contributed by atoms with van der Waals surface area (Å²) in [5.41, 5.74) is 0.883. The van der Waals surface area contributed by atoms with Gasteiger partial charge in [-0.15, -0.1) is 0 Å². The predicted molar refractivity (Wildman–Crippen MR) is 100 cm³/mol. The molecule has 0 saturated heterocycles. The molecule has 0 aromatic heterocycles. The standard InChI is InChI=1S/C21H34O4/c1-3-4-7-10-18(22)15-13-17-14-16-20(23)19(17)11-8-5-6-9-12-21(24)25-2/h11,14,16-18,22H,3-10,12-13,15H2,1-2H3/b19-11+/t17-,18+/m0/s1. The Morgan fingerprint density at radius 1 is 1.24 bits per heavy atom. The van der Waals surface area contributed by atoms with E-state index in [9.17, 15) is 14.7 Å². The van der Waals surface area contributed by atoms with Gasteiger partial charge in [0.15, 0.2) is 5.78 Å². The van der Waals surface area contributed by atoms with Gasteiger partial charge in [-0.25, -0.2) is 0 Å². The third-order valence-corrected chi connectivity index (χ3v) is 4.79. The number of allylic oxidation sites excluding steroid dienone is 4. The Balaban J connectivity index is 2.28. The van der Waals surface area contributed by atoms with Gasteiger partial charge in [0, 0.05) is 17.9 Å². The molecule has 0 radical (unpaired) electrons. The Kier molecular flexibility index (Phi) is 11.1. The number of ketones is 1. The van der Waals surface area contributed by atoms with Crippen LogP contribution in [0.4, 0.5) is 0 Å². The fraction of sp³-hybridized carbons (Fsp3) is 0.714. The van der Waals surface area contributed by atoms with E-state index in [1.807, 2.05) is 6.08 Å². The summed E-state index contributed by atoms with van der Waals surface area (Å²) in [4.78, 5) is 23.1. The van der Waals surface area contributed by atoms with E-state index in [2.05, 4.69) is 17.7 Å². The lowest BCUT2D eigenvalue weighted by Crippen LogP contribution is -2.10. The van der Waals surface area contributed by atoms with Crippen molar-refractivity contribution in [3.05, 3.63) is 23.8 Å². The number of methoxy groups -OCH3 is 1. The third kappa shape index (κ3) is 9.01. The largest absolute Gasteiger partial charge is 0.469 e. The van der Waals surface area contributed by atoms with Crippen LogP contribution in [0.1, 0.15) is 77.6 Å². The van der Waals surface area contributed by atoms with Crippen molar-refractivity contribution in [1.82, 2.24) is 0 Å².